The fourth-order valence-electron chi connectivity index (χ4n) is 9.20. The van der Waals surface area contributed by atoms with E-state index in [-0.39, 0.29) is 7.25 Å². The van der Waals surface area contributed by atoms with Crippen LogP contribution >= 0.6 is 17.0 Å². The van der Waals surface area contributed by atoms with Crippen LogP contribution in [0.1, 0.15) is 81.9 Å². The number of hydrogen-bond donors (Lipinski definition) is 0. The predicted molar refractivity (Wildman–Crippen MR) is 225 cm³/mol. The van der Waals surface area contributed by atoms with Crippen LogP contribution in [-0.4, -0.2) is 15.9 Å². The van der Waals surface area contributed by atoms with Crippen LogP contribution in [0.5, 0.6) is 0 Å². The van der Waals surface area contributed by atoms with E-state index in [0.717, 1.165) is 71.5 Å². The van der Waals surface area contributed by atoms with Crippen LogP contribution in [-0.2, 0) is 15.6 Å². The van der Waals surface area contributed by atoms with Crippen molar-refractivity contribution in [3.63, 3.8) is 0 Å². The van der Waals surface area contributed by atoms with Gasteiger partial charge in [-0.3, -0.25) is 0 Å². The third kappa shape index (κ3) is 5.94. The second kappa shape index (κ2) is 14.3. The number of para-hydroxylation sites is 2. The van der Waals surface area contributed by atoms with Gasteiger partial charge in [-0.1, -0.05) is 0 Å². The van der Waals surface area contributed by atoms with E-state index in [0.29, 0.717) is 0 Å². The first kappa shape index (κ1) is 35.9. The Labute approximate surface area is 317 Å². The van der Waals surface area contributed by atoms with Crippen molar-refractivity contribution in [3.8, 4) is 22.3 Å². The molecule has 2 atom stereocenters. The van der Waals surface area contributed by atoms with E-state index < -0.39 is 21.5 Å². The van der Waals surface area contributed by atoms with Crippen LogP contribution in [0.4, 0.5) is 0 Å². The molecule has 6 aromatic rings. The molecule has 0 radical (unpaired) electrons. The second-order valence-corrected chi connectivity index (χ2v) is 57.8. The van der Waals surface area contributed by atoms with Gasteiger partial charge in [0.05, 0.1) is 0 Å². The Morgan fingerprint density at radius 3 is 1.46 bits per heavy atom. The number of fused-ring (bicyclic) bond motifs is 4. The summed E-state index contributed by atoms with van der Waals surface area (Å²) in [6.45, 7) is 9.50. The fraction of sp³-hybridized carbons (Fsp3) is 0.261. The van der Waals surface area contributed by atoms with E-state index in [9.17, 15) is 0 Å². The van der Waals surface area contributed by atoms with Crippen molar-refractivity contribution in [2.45, 2.75) is 72.7 Å². The molecule has 2 heterocycles. The van der Waals surface area contributed by atoms with Crippen molar-refractivity contribution in [3.05, 3.63) is 143 Å². The Bertz CT molecular complexity index is 2240. The van der Waals surface area contributed by atoms with Crippen LogP contribution in [0.2, 0.25) is 13.1 Å². The molecule has 2 aliphatic carbocycles. The summed E-state index contributed by atoms with van der Waals surface area (Å²) in [5.41, 5.74) is 14.9. The molecular weight excluding hydrogens is 771 g/mol. The summed E-state index contributed by atoms with van der Waals surface area (Å²) in [7, 11) is 17.7. The van der Waals surface area contributed by atoms with Crippen molar-refractivity contribution >= 4 is 56.9 Å². The van der Waals surface area contributed by atoms with Gasteiger partial charge in [0.15, 0.2) is 0 Å². The van der Waals surface area contributed by atoms with Gasteiger partial charge in [-0.15, -0.1) is 0 Å². The summed E-state index contributed by atoms with van der Waals surface area (Å²) < 4.78 is 0.136. The monoisotopic (exact) mass is 815 g/mol. The third-order valence-electron chi connectivity index (χ3n) is 11.9. The maximum absolute atomic E-state index is 8.83. The van der Waals surface area contributed by atoms with Gasteiger partial charge in [0.25, 0.3) is 0 Å². The summed E-state index contributed by atoms with van der Waals surface area (Å²) in [6.07, 6.45) is 15.6. The molecule has 2 nitrogen and oxygen atoms in total. The summed E-state index contributed by atoms with van der Waals surface area (Å²) in [4.78, 5) is 9.75. The fourth-order valence-corrected chi connectivity index (χ4v) is 40.7. The average Bonchev–Trinajstić information content (AvgIpc) is 3.75. The van der Waals surface area contributed by atoms with Gasteiger partial charge in [-0.05, 0) is 0 Å². The van der Waals surface area contributed by atoms with Crippen molar-refractivity contribution in [1.82, 2.24) is 9.97 Å². The van der Waals surface area contributed by atoms with E-state index in [1.807, 2.05) is 12.4 Å². The van der Waals surface area contributed by atoms with Gasteiger partial charge >= 0.3 is 320 Å². The summed E-state index contributed by atoms with van der Waals surface area (Å²) in [5, 5.41) is 2.31. The minimum atomic E-state index is -4.94. The van der Waals surface area contributed by atoms with Crippen molar-refractivity contribution in [1.29, 1.82) is 0 Å². The molecule has 0 spiro atoms. The first-order valence-corrected chi connectivity index (χ1v) is 35.5. The first-order chi connectivity index (χ1) is 25.2. The summed E-state index contributed by atoms with van der Waals surface area (Å²) >= 11 is -4.94. The molecule has 263 valence electrons. The number of benzene rings is 4. The number of allylic oxidation sites excluding steroid dienone is 2. The minimum absolute atomic E-state index is 0.0679. The SMILES string of the molecule is CCCCC1=Cc2c(-c3cnc4ccccc4c3)cccc2[CH]1[Zr]([Cl])([Cl])([CH]1C(CCCC)=Cc2c(-c3cnc4ccccc4c3)cccc21)[SiH](C)C. The zero-order valence-corrected chi connectivity index (χ0v) is 35.8. The van der Waals surface area contributed by atoms with Gasteiger partial charge in [0, 0.05) is 0 Å². The molecule has 2 aromatic heterocycles. The third-order valence-corrected chi connectivity index (χ3v) is 63.8. The molecule has 2 unspecified atom stereocenters. The quantitative estimate of drug-likeness (QED) is 0.122. The van der Waals surface area contributed by atoms with E-state index in [4.69, 9.17) is 27.0 Å². The molecule has 0 N–H and O–H groups in total. The Hall–Kier alpha value is -3.14. The van der Waals surface area contributed by atoms with Crippen LogP contribution in [0.25, 0.3) is 56.2 Å². The first-order valence-electron chi connectivity index (χ1n) is 19.2. The number of rotatable bonds is 11. The van der Waals surface area contributed by atoms with Crippen LogP contribution in [0.3, 0.4) is 0 Å². The molecule has 0 amide bonds. The Balaban J connectivity index is 1.33. The molecule has 0 aliphatic heterocycles. The van der Waals surface area contributed by atoms with Gasteiger partial charge in [0.1, 0.15) is 0 Å². The van der Waals surface area contributed by atoms with Gasteiger partial charge in [0.2, 0.25) is 0 Å². The number of pyridine rings is 2. The van der Waals surface area contributed by atoms with Crippen LogP contribution in [0.15, 0.2) is 121 Å². The molecule has 0 saturated heterocycles. The van der Waals surface area contributed by atoms with E-state index in [1.54, 1.807) is 0 Å². The topological polar surface area (TPSA) is 25.8 Å². The Morgan fingerprint density at radius 2 is 1.04 bits per heavy atom. The van der Waals surface area contributed by atoms with E-state index in [2.05, 4.69) is 136 Å². The average molecular weight is 818 g/mol. The molecular formula is C46H47Cl2N2SiZr. The number of aromatic nitrogens is 2. The molecule has 6 heteroatoms. The van der Waals surface area contributed by atoms with Gasteiger partial charge in [-0.2, -0.15) is 0 Å². The normalized spacial score (nSPS) is 17.6. The molecule has 0 saturated carbocycles. The number of halogens is 2. The molecule has 2 aliphatic rings. The molecule has 0 fully saturated rings. The standard InChI is InChI=1S/2C22H20N.C2H7Si.2ClH.Zr/c2*1-2-3-7-16-12-17-9-6-10-20(21(17)13-16)19-14-18-8-4-5-11-22(18)23-15-19;1-3-2;;;/h2*4-6,8-15H,2-3,7H2,1H3;3H,1-2H3;2*1H;/q;;;;;+2/p-2. The summed E-state index contributed by atoms with van der Waals surface area (Å²) in [5.74, 6) is -1.70. The molecule has 4 aromatic carbocycles. The van der Waals surface area contributed by atoms with Crippen molar-refractivity contribution in [2.24, 2.45) is 0 Å². The van der Waals surface area contributed by atoms with Gasteiger partial charge < -0.3 is 0 Å². The number of hydrogen-bond acceptors (Lipinski definition) is 2. The maximum atomic E-state index is 8.83. The molecule has 8 rings (SSSR count). The van der Waals surface area contributed by atoms with Crippen LogP contribution < -0.4 is 0 Å². The predicted octanol–water partition coefficient (Wildman–Crippen LogP) is 14.1. The summed E-state index contributed by atoms with van der Waals surface area (Å²) in [6, 6.07) is 35.0. The van der Waals surface area contributed by atoms with E-state index in [1.165, 1.54) is 44.5 Å². The zero-order chi connectivity index (χ0) is 36.1. The number of unbranched alkanes of at least 4 members (excludes halogenated alkanes) is 2. The van der Waals surface area contributed by atoms with E-state index >= 15 is 0 Å². The molecule has 52 heavy (non-hydrogen) atoms. The van der Waals surface area contributed by atoms with Crippen molar-refractivity contribution in [2.75, 3.05) is 0 Å². The van der Waals surface area contributed by atoms with Gasteiger partial charge in [-0.25, -0.2) is 0 Å². The number of nitrogens with zero attached hydrogens (tertiary/aromatic N) is 2. The van der Waals surface area contributed by atoms with Crippen molar-refractivity contribution < 1.29 is 15.6 Å². The Kier molecular flexibility index (Phi) is 9.83. The zero-order valence-electron chi connectivity index (χ0n) is 30.7. The molecule has 0 bridgehead atoms. The second-order valence-electron chi connectivity index (χ2n) is 15.3. The van der Waals surface area contributed by atoms with Crippen LogP contribution in [0, 0.1) is 0 Å². The Morgan fingerprint density at radius 1 is 0.596 bits per heavy atom.